The molecule has 0 rings (SSSR count). The van der Waals surface area contributed by atoms with E-state index in [0.717, 1.165) is 0 Å². The van der Waals surface area contributed by atoms with E-state index in [0.29, 0.717) is 0 Å². The quantitative estimate of drug-likeness (QED) is 0.128. The molecule has 0 aromatic rings. The number of unbranched alkanes of at least 4 members (excludes halogenated alkanes) is 15. The van der Waals surface area contributed by atoms with Crippen LogP contribution in [-0.4, -0.2) is 4.32 Å². The molecular formula is C19H39NS2Zn. The number of rotatable bonds is 16. The van der Waals surface area contributed by atoms with E-state index in [4.69, 9.17) is 0 Å². The van der Waals surface area contributed by atoms with Gasteiger partial charge in [-0.05, 0) is 0 Å². The first-order valence-electron chi connectivity index (χ1n) is 9.90. The molecule has 0 aromatic heterocycles. The molecule has 0 unspecified atom stereocenters. The second-order valence-electron chi connectivity index (χ2n) is 6.48. The zero-order chi connectivity index (χ0) is 17.6. The summed E-state index contributed by atoms with van der Waals surface area (Å²) in [6.07, 6.45) is 23.7. The fraction of sp³-hybridized carbons (Fsp3) is 0.947. The maximum atomic E-state index is 4.66. The maximum Gasteiger partial charge on any atom is -0.0708 e. The van der Waals surface area contributed by atoms with E-state index in [-0.39, 0.29) is 4.32 Å². The van der Waals surface area contributed by atoms with Crippen molar-refractivity contribution in [2.75, 3.05) is 0 Å². The van der Waals surface area contributed by atoms with Crippen LogP contribution in [0.4, 0.5) is 0 Å². The van der Waals surface area contributed by atoms with E-state index in [1.165, 1.54) is 126 Å². The molecule has 0 saturated carbocycles. The largest absolute Gasteiger partial charge is 0.415 e. The van der Waals surface area contributed by atoms with Gasteiger partial charge in [-0.3, -0.25) is 0 Å². The summed E-state index contributed by atoms with van der Waals surface area (Å²) >= 11 is 9.76. The molecule has 134 valence electrons. The molecule has 0 saturated heterocycles. The van der Waals surface area contributed by atoms with Crippen molar-refractivity contribution in [2.24, 2.45) is 5.73 Å². The third-order valence-corrected chi connectivity index (χ3v) is 5.15. The van der Waals surface area contributed by atoms with Crippen LogP contribution in [0.15, 0.2) is 0 Å². The van der Waals surface area contributed by atoms with Gasteiger partial charge in [0.2, 0.25) is 0 Å². The van der Waals surface area contributed by atoms with Gasteiger partial charge in [-0.25, -0.2) is 0 Å². The summed E-state index contributed by atoms with van der Waals surface area (Å²) in [5, 5.41) is 1.50. The van der Waals surface area contributed by atoms with Crippen molar-refractivity contribution in [1.29, 1.82) is 0 Å². The molecule has 1 nitrogen and oxygen atoms in total. The molecule has 23 heavy (non-hydrogen) atoms. The van der Waals surface area contributed by atoms with Gasteiger partial charge in [0, 0.05) is 0 Å². The van der Waals surface area contributed by atoms with Crippen molar-refractivity contribution < 1.29 is 18.3 Å². The summed E-state index contributed by atoms with van der Waals surface area (Å²) in [5.41, 5.74) is 4.66. The van der Waals surface area contributed by atoms with Crippen LogP contribution in [0.5, 0.6) is 0 Å². The Kier molecular flexibility index (Phi) is 28.2. The molecule has 0 aliphatic carbocycles. The molecular weight excluding hydrogens is 372 g/mol. The normalized spacial score (nSPS) is 10.2. The summed E-state index contributed by atoms with van der Waals surface area (Å²) in [5.74, 6) is 0. The summed E-state index contributed by atoms with van der Waals surface area (Å²) in [6, 6.07) is 0. The van der Waals surface area contributed by atoms with E-state index in [1.807, 2.05) is 0 Å². The van der Waals surface area contributed by atoms with Gasteiger partial charge >= 0.3 is 93.9 Å². The average Bonchev–Trinajstić information content (AvgIpc) is 2.50. The molecule has 0 bridgehead atoms. The average molecular weight is 411 g/mol. The topological polar surface area (TPSA) is 26.0 Å². The van der Waals surface area contributed by atoms with Gasteiger partial charge in [-0.1, -0.05) is 43.3 Å². The van der Waals surface area contributed by atoms with Crippen LogP contribution in [0.1, 0.15) is 110 Å². The van der Waals surface area contributed by atoms with E-state index in [1.54, 1.807) is 0 Å². The van der Waals surface area contributed by atoms with E-state index >= 15 is 0 Å². The Labute approximate surface area is 167 Å². The second-order valence-corrected chi connectivity index (χ2v) is 9.10. The van der Waals surface area contributed by atoms with Crippen molar-refractivity contribution in [3.05, 3.63) is 0 Å². The second kappa shape index (κ2) is 25.0. The Bertz CT molecular complexity index is 205. The Morgan fingerprint density at radius 1 is 0.696 bits per heavy atom. The van der Waals surface area contributed by atoms with Crippen molar-refractivity contribution in [2.45, 2.75) is 115 Å². The number of thiocarbonyl (C=S) groups is 1. The van der Waals surface area contributed by atoms with Gasteiger partial charge in [-0.15, -0.1) is 0 Å². The van der Waals surface area contributed by atoms with Crippen molar-refractivity contribution >= 4 is 29.2 Å². The smallest absolute Gasteiger partial charge is 0.0708 e. The third-order valence-electron chi connectivity index (χ3n) is 4.10. The number of hydrogen-bond donors (Lipinski definition) is 1. The van der Waals surface area contributed by atoms with Crippen molar-refractivity contribution in [1.82, 2.24) is 0 Å². The fourth-order valence-corrected chi connectivity index (χ4v) is 3.47. The van der Waals surface area contributed by atoms with Crippen LogP contribution < -0.4 is 5.73 Å². The molecule has 0 atom stereocenters. The summed E-state index contributed by atoms with van der Waals surface area (Å²) < 4.78 is 0.0833. The predicted molar refractivity (Wildman–Crippen MR) is 109 cm³/mol. The van der Waals surface area contributed by atoms with Crippen LogP contribution >= 0.6 is 12.2 Å². The zero-order valence-electron chi connectivity index (χ0n) is 15.6. The molecule has 0 aliphatic rings. The van der Waals surface area contributed by atoms with E-state index in [9.17, 15) is 0 Å². The molecule has 0 amide bonds. The summed E-state index contributed by atoms with van der Waals surface area (Å²) in [7, 11) is 0. The summed E-state index contributed by atoms with van der Waals surface area (Å²) in [4.78, 5) is 0. The molecule has 0 radical (unpaired) electrons. The Balaban J connectivity index is 0. The van der Waals surface area contributed by atoms with Gasteiger partial charge in [-0.2, -0.15) is 0 Å². The van der Waals surface area contributed by atoms with Crippen LogP contribution in [0.25, 0.3) is 0 Å². The monoisotopic (exact) mass is 409 g/mol. The van der Waals surface area contributed by atoms with Crippen molar-refractivity contribution in [3.8, 4) is 0 Å². The molecule has 0 fully saturated rings. The van der Waals surface area contributed by atoms with Gasteiger partial charge in [0.25, 0.3) is 0 Å². The summed E-state index contributed by atoms with van der Waals surface area (Å²) in [6.45, 7) is 2.30. The van der Waals surface area contributed by atoms with E-state index in [2.05, 4.69) is 37.5 Å². The van der Waals surface area contributed by atoms with Gasteiger partial charge in [0.05, 0.1) is 0 Å². The minimum atomic E-state index is 0.0833. The van der Waals surface area contributed by atoms with Crippen LogP contribution in [-0.2, 0) is 30.9 Å². The first kappa shape index (κ1) is 26.0. The van der Waals surface area contributed by atoms with E-state index < -0.39 is 0 Å². The van der Waals surface area contributed by atoms with Gasteiger partial charge in [0.15, 0.2) is 0 Å². The van der Waals surface area contributed by atoms with Crippen LogP contribution in [0.3, 0.4) is 0 Å². The minimum absolute atomic E-state index is 0.0833. The first-order chi connectivity index (χ1) is 11.1. The Hall–Kier alpha value is 0.733. The predicted octanol–water partition coefficient (Wildman–Crippen LogP) is 6.99. The molecule has 0 spiro atoms. The Morgan fingerprint density at radius 3 is 1.13 bits per heavy atom. The van der Waals surface area contributed by atoms with Crippen LogP contribution in [0, 0.1) is 0 Å². The molecule has 2 N–H and O–H groups in total. The zero-order valence-corrected chi connectivity index (χ0v) is 20.2. The molecule has 0 aromatic carbocycles. The third kappa shape index (κ3) is 34.9. The number of hydrogen-bond acceptors (Lipinski definition) is 2. The SMILES string of the molecule is CCCCCCCCCCCCCCCCC[CH2][Zn+].NC(=S)[S-]. The standard InChI is InChI=1S/C18H37.CH3NS2.Zn/c1-3-5-7-9-11-13-15-17-18-16-14-12-10-8-6-4-2;2-1(3)4;/h1,3-18H2,2H3;(H3,2,3,4);/q;;+1/p-1. The van der Waals surface area contributed by atoms with Crippen molar-refractivity contribution in [3.63, 3.8) is 0 Å². The molecule has 0 heterocycles. The maximum absolute atomic E-state index is 4.66. The fourth-order valence-electron chi connectivity index (χ4n) is 2.72. The minimum Gasteiger partial charge on any atom is -0.415 e. The van der Waals surface area contributed by atoms with Gasteiger partial charge < -0.3 is 30.6 Å². The molecule has 4 heteroatoms. The Morgan fingerprint density at radius 2 is 0.913 bits per heavy atom. The number of nitrogens with two attached hydrogens (primary N) is 1. The molecule has 0 aliphatic heterocycles. The first-order valence-corrected chi connectivity index (χ1v) is 12.8. The van der Waals surface area contributed by atoms with Gasteiger partial charge in [0.1, 0.15) is 0 Å². The van der Waals surface area contributed by atoms with Crippen LogP contribution in [0.2, 0.25) is 5.02 Å².